The van der Waals surface area contributed by atoms with Crippen molar-refractivity contribution in [1.82, 2.24) is 9.80 Å². The van der Waals surface area contributed by atoms with Gasteiger partial charge in [-0.2, -0.15) is 7.05 Å². The second kappa shape index (κ2) is 13.1. The summed E-state index contributed by atoms with van der Waals surface area (Å²) in [6, 6.07) is 0. The smallest absolute Gasteiger partial charge is 0.000212 e. The van der Waals surface area contributed by atoms with Crippen LogP contribution < -0.4 is 0 Å². The Hall–Kier alpha value is 0.750. The summed E-state index contributed by atoms with van der Waals surface area (Å²) in [5.74, 6) is 2.70. The summed E-state index contributed by atoms with van der Waals surface area (Å²) in [4.78, 5) is 5.14. The Bertz CT molecular complexity index is 211. The van der Waals surface area contributed by atoms with Gasteiger partial charge in [-0.15, -0.1) is 0 Å². The van der Waals surface area contributed by atoms with Gasteiger partial charge in [-0.05, 0) is 30.0 Å². The van der Waals surface area contributed by atoms with Crippen molar-refractivity contribution in [2.45, 2.75) is 61.7 Å². The summed E-state index contributed by atoms with van der Waals surface area (Å²) in [5.41, 5.74) is 0. The topological polar surface area (TPSA) is 20.6 Å². The van der Waals surface area contributed by atoms with Gasteiger partial charge >= 0.3 is 0 Å². The second-order valence-corrected chi connectivity index (χ2v) is 8.09. The maximum absolute atomic E-state index is 4.75. The minimum atomic E-state index is 0. The molecule has 0 radical (unpaired) electrons. The van der Waals surface area contributed by atoms with Crippen LogP contribution >= 0.6 is 0 Å². The molecule has 0 aliphatic heterocycles. The van der Waals surface area contributed by atoms with Crippen LogP contribution in [-0.2, 0) is 25.8 Å². The zero-order chi connectivity index (χ0) is 16.6. The number of rotatable bonds is 11. The van der Waals surface area contributed by atoms with Crippen molar-refractivity contribution in [3.8, 4) is 0 Å². The van der Waals surface area contributed by atoms with E-state index in [4.69, 9.17) is 5.32 Å². The fraction of sp³-hybridized carbons (Fsp3) is 1.00. The van der Waals surface area contributed by atoms with Crippen LogP contribution in [0.1, 0.15) is 55.4 Å². The predicted octanol–water partition coefficient (Wildman–Crippen LogP) is 4.50. The standard InChI is InChI=1S/C18H40N3.Hf/c1-14(2)10-20(11-15(3)4)18(19-9)21(12-16(5)6)13-17(7)8;/h14-18H,10-13H2,1-9H3;/q-1;. The Balaban J connectivity index is 0. The molecule has 0 aromatic carbocycles. The maximum Gasteiger partial charge on any atom is 0.000212 e. The SMILES string of the molecule is C[N-]C(N(CC(C)C)CC(C)C)N(CC(C)C)CC(C)C.[Hf]. The van der Waals surface area contributed by atoms with Crippen LogP contribution in [0.5, 0.6) is 0 Å². The summed E-state index contributed by atoms with van der Waals surface area (Å²) in [5, 5.41) is 4.75. The zero-order valence-electron chi connectivity index (χ0n) is 16.6. The normalized spacial score (nSPS) is 12.5. The van der Waals surface area contributed by atoms with E-state index in [9.17, 15) is 0 Å². The molecular weight excluding hydrogens is 437 g/mol. The summed E-state index contributed by atoms with van der Waals surface area (Å²) >= 11 is 0. The predicted molar refractivity (Wildman–Crippen MR) is 95.6 cm³/mol. The first-order valence-corrected chi connectivity index (χ1v) is 8.74. The molecule has 0 saturated carbocycles. The Kier molecular flexibility index (Phi) is 14.9. The monoisotopic (exact) mass is 478 g/mol. The minimum absolute atomic E-state index is 0. The van der Waals surface area contributed by atoms with Gasteiger partial charge in [0.05, 0.1) is 0 Å². The van der Waals surface area contributed by atoms with Gasteiger partial charge in [0.2, 0.25) is 0 Å². The van der Waals surface area contributed by atoms with Gasteiger partial charge in [0.1, 0.15) is 0 Å². The zero-order valence-corrected chi connectivity index (χ0v) is 20.1. The molecule has 0 aliphatic rings. The van der Waals surface area contributed by atoms with Crippen molar-refractivity contribution in [1.29, 1.82) is 0 Å². The minimum Gasteiger partial charge on any atom is -0.637 e. The van der Waals surface area contributed by atoms with Gasteiger partial charge < -0.3 is 15.1 Å². The van der Waals surface area contributed by atoms with Gasteiger partial charge in [-0.1, -0.05) is 55.4 Å². The van der Waals surface area contributed by atoms with E-state index in [1.54, 1.807) is 0 Å². The molecule has 0 aromatic rings. The van der Waals surface area contributed by atoms with Crippen LogP contribution in [-0.4, -0.2) is 49.3 Å². The largest absolute Gasteiger partial charge is 0.637 e. The van der Waals surface area contributed by atoms with Crippen molar-refractivity contribution in [3.63, 3.8) is 0 Å². The molecule has 0 atom stereocenters. The molecule has 0 heterocycles. The molecule has 0 spiro atoms. The average Bonchev–Trinajstić information content (AvgIpc) is 2.25. The van der Waals surface area contributed by atoms with E-state index in [0.29, 0.717) is 23.7 Å². The summed E-state index contributed by atoms with van der Waals surface area (Å²) in [6.45, 7) is 22.9. The number of hydrogen-bond donors (Lipinski definition) is 0. The van der Waals surface area contributed by atoms with Crippen LogP contribution in [0.2, 0.25) is 0 Å². The molecule has 0 N–H and O–H groups in total. The first-order chi connectivity index (χ1) is 9.67. The molecule has 132 valence electrons. The molecule has 0 aromatic heterocycles. The van der Waals surface area contributed by atoms with Gasteiger partial charge in [0.15, 0.2) is 0 Å². The van der Waals surface area contributed by atoms with Crippen molar-refractivity contribution in [2.24, 2.45) is 23.7 Å². The summed E-state index contributed by atoms with van der Waals surface area (Å²) < 4.78 is 0. The van der Waals surface area contributed by atoms with Crippen molar-refractivity contribution >= 4 is 0 Å². The van der Waals surface area contributed by atoms with Crippen LogP contribution in [0.4, 0.5) is 0 Å². The van der Waals surface area contributed by atoms with Crippen molar-refractivity contribution < 1.29 is 25.8 Å². The van der Waals surface area contributed by atoms with E-state index in [2.05, 4.69) is 65.2 Å². The van der Waals surface area contributed by atoms with Gasteiger partial charge in [0.25, 0.3) is 0 Å². The molecule has 0 fully saturated rings. The van der Waals surface area contributed by atoms with Gasteiger partial charge in [0, 0.05) is 52.0 Å². The Morgan fingerprint density at radius 3 is 0.955 bits per heavy atom. The second-order valence-electron chi connectivity index (χ2n) is 8.09. The van der Waals surface area contributed by atoms with E-state index in [0.717, 1.165) is 26.2 Å². The van der Waals surface area contributed by atoms with Crippen LogP contribution in [0, 0.1) is 23.7 Å². The fourth-order valence-corrected chi connectivity index (χ4v) is 2.96. The van der Waals surface area contributed by atoms with Crippen molar-refractivity contribution in [2.75, 3.05) is 33.2 Å². The van der Waals surface area contributed by atoms with Gasteiger partial charge in [-0.25, -0.2) is 0 Å². The number of nitrogens with zero attached hydrogens (tertiary/aromatic N) is 3. The third-order valence-electron chi connectivity index (χ3n) is 3.28. The maximum atomic E-state index is 4.75. The third kappa shape index (κ3) is 11.3. The first-order valence-electron chi connectivity index (χ1n) is 8.74. The quantitative estimate of drug-likeness (QED) is 0.323. The van der Waals surface area contributed by atoms with Crippen LogP contribution in [0.15, 0.2) is 0 Å². The van der Waals surface area contributed by atoms with E-state index in [1.807, 2.05) is 7.05 Å². The molecular formula is C18H40HfN3-. The molecule has 0 aliphatic carbocycles. The Labute approximate surface area is 159 Å². The molecule has 0 saturated heterocycles. The molecule has 0 amide bonds. The molecule has 22 heavy (non-hydrogen) atoms. The number of hydrogen-bond acceptors (Lipinski definition) is 2. The summed E-state index contributed by atoms with van der Waals surface area (Å²) in [7, 11) is 1.98. The molecule has 0 bridgehead atoms. The molecule has 3 nitrogen and oxygen atoms in total. The van der Waals surface area contributed by atoms with E-state index in [-0.39, 0.29) is 32.1 Å². The molecule has 0 rings (SSSR count). The van der Waals surface area contributed by atoms with Crippen molar-refractivity contribution in [3.05, 3.63) is 5.32 Å². The van der Waals surface area contributed by atoms with Crippen LogP contribution in [0.3, 0.4) is 0 Å². The first kappa shape index (κ1) is 25.0. The van der Waals surface area contributed by atoms with E-state index in [1.165, 1.54) is 0 Å². The Morgan fingerprint density at radius 1 is 0.591 bits per heavy atom. The average molecular weight is 477 g/mol. The molecule has 0 unspecified atom stereocenters. The third-order valence-corrected chi connectivity index (χ3v) is 3.28. The Morgan fingerprint density at radius 2 is 0.818 bits per heavy atom. The van der Waals surface area contributed by atoms with E-state index < -0.39 is 0 Å². The van der Waals surface area contributed by atoms with E-state index >= 15 is 0 Å². The fourth-order valence-electron chi connectivity index (χ4n) is 2.96. The van der Waals surface area contributed by atoms with Crippen LogP contribution in [0.25, 0.3) is 5.32 Å². The van der Waals surface area contributed by atoms with Gasteiger partial charge in [-0.3, -0.25) is 0 Å². The molecule has 4 heteroatoms. The summed E-state index contributed by atoms with van der Waals surface area (Å²) in [6.07, 6.45) is 0.222.